The Balaban J connectivity index is 1.88. The smallest absolute Gasteiger partial charge is 0.251 e. The van der Waals surface area contributed by atoms with E-state index in [-0.39, 0.29) is 5.91 Å². The molecule has 0 radical (unpaired) electrons. The number of carbonyl (C=O) groups excluding carboxylic acids is 1. The zero-order chi connectivity index (χ0) is 15.2. The van der Waals surface area contributed by atoms with E-state index < -0.39 is 0 Å². The van der Waals surface area contributed by atoms with Crippen molar-refractivity contribution >= 4 is 17.3 Å². The van der Waals surface area contributed by atoms with Crippen molar-refractivity contribution in [1.29, 1.82) is 0 Å². The van der Waals surface area contributed by atoms with Gasteiger partial charge in [-0.15, -0.1) is 0 Å². The third kappa shape index (κ3) is 3.99. The normalized spacial score (nSPS) is 10.2. The van der Waals surface area contributed by atoms with Crippen molar-refractivity contribution in [3.8, 4) is 0 Å². The summed E-state index contributed by atoms with van der Waals surface area (Å²) in [6.07, 6.45) is 0. The molecule has 0 aliphatic carbocycles. The van der Waals surface area contributed by atoms with Crippen LogP contribution in [-0.4, -0.2) is 26.0 Å². The minimum absolute atomic E-state index is 0.0822. The topological polar surface area (TPSA) is 58.4 Å². The molecule has 2 aromatic rings. The molecule has 0 unspecified atom stereocenters. The number of para-hydroxylation sites is 1. The molecule has 0 spiro atoms. The maximum absolute atomic E-state index is 12.2. The number of nitrogens with one attached hydrogen (secondary N) is 1. The van der Waals surface area contributed by atoms with Gasteiger partial charge in [0.25, 0.3) is 5.91 Å². The molecule has 0 atom stereocenters. The summed E-state index contributed by atoms with van der Waals surface area (Å²) in [5.74, 6) is -0.0822. The number of amides is 1. The van der Waals surface area contributed by atoms with Crippen LogP contribution in [0.5, 0.6) is 0 Å². The molecule has 0 bridgehead atoms. The fourth-order valence-electron chi connectivity index (χ4n) is 2.13. The molecule has 110 valence electrons. The van der Waals surface area contributed by atoms with E-state index in [9.17, 15) is 4.79 Å². The standard InChI is InChI=1S/C17H21N3O/c1-13-8-9-14(18)12-16(13)17(21)19-10-11-20(2)15-6-4-3-5-7-15/h3-9,12H,10-11,18H2,1-2H3,(H,19,21). The van der Waals surface area contributed by atoms with Crippen molar-refractivity contribution in [2.75, 3.05) is 30.8 Å². The van der Waals surface area contributed by atoms with Gasteiger partial charge in [0.1, 0.15) is 0 Å². The third-order valence-electron chi connectivity index (χ3n) is 3.44. The number of nitrogens with zero attached hydrogens (tertiary/aromatic N) is 1. The molecule has 1 amide bonds. The van der Waals surface area contributed by atoms with Crippen LogP contribution in [0.15, 0.2) is 48.5 Å². The number of anilines is 2. The van der Waals surface area contributed by atoms with Gasteiger partial charge in [-0.25, -0.2) is 0 Å². The summed E-state index contributed by atoms with van der Waals surface area (Å²) in [6.45, 7) is 3.24. The maximum Gasteiger partial charge on any atom is 0.251 e. The molecule has 0 saturated heterocycles. The molecule has 0 heterocycles. The van der Waals surface area contributed by atoms with Gasteiger partial charge in [0, 0.05) is 37.1 Å². The molecule has 2 aromatic carbocycles. The fraction of sp³-hybridized carbons (Fsp3) is 0.235. The van der Waals surface area contributed by atoms with Gasteiger partial charge < -0.3 is 16.0 Å². The molecular weight excluding hydrogens is 262 g/mol. The Kier molecular flexibility index (Phi) is 4.82. The molecule has 4 heteroatoms. The number of rotatable bonds is 5. The maximum atomic E-state index is 12.2. The first-order chi connectivity index (χ1) is 10.1. The molecule has 0 aliphatic heterocycles. The lowest BCUT2D eigenvalue weighted by atomic mass is 10.1. The molecule has 2 rings (SSSR count). The summed E-state index contributed by atoms with van der Waals surface area (Å²) in [5.41, 5.74) is 9.03. The van der Waals surface area contributed by atoms with Crippen LogP contribution in [0.25, 0.3) is 0 Å². The van der Waals surface area contributed by atoms with Gasteiger partial charge in [-0.2, -0.15) is 0 Å². The molecule has 0 aromatic heterocycles. The van der Waals surface area contributed by atoms with Gasteiger partial charge in [-0.1, -0.05) is 24.3 Å². The Bertz CT molecular complexity index is 611. The minimum Gasteiger partial charge on any atom is -0.399 e. The van der Waals surface area contributed by atoms with E-state index >= 15 is 0 Å². The van der Waals surface area contributed by atoms with Crippen LogP contribution in [0.2, 0.25) is 0 Å². The van der Waals surface area contributed by atoms with E-state index in [1.54, 1.807) is 12.1 Å². The quantitative estimate of drug-likeness (QED) is 0.829. The van der Waals surface area contributed by atoms with Crippen molar-refractivity contribution in [2.24, 2.45) is 0 Å². The summed E-state index contributed by atoms with van der Waals surface area (Å²) < 4.78 is 0. The minimum atomic E-state index is -0.0822. The van der Waals surface area contributed by atoms with Gasteiger partial charge in [-0.3, -0.25) is 4.79 Å². The highest BCUT2D eigenvalue weighted by molar-refractivity contribution is 5.96. The lowest BCUT2D eigenvalue weighted by molar-refractivity contribution is 0.0954. The molecule has 21 heavy (non-hydrogen) atoms. The Morgan fingerprint density at radius 2 is 1.90 bits per heavy atom. The highest BCUT2D eigenvalue weighted by atomic mass is 16.1. The molecular formula is C17H21N3O. The zero-order valence-corrected chi connectivity index (χ0v) is 12.5. The molecule has 0 fully saturated rings. The Morgan fingerprint density at radius 1 is 1.19 bits per heavy atom. The van der Waals surface area contributed by atoms with Crippen molar-refractivity contribution in [2.45, 2.75) is 6.92 Å². The van der Waals surface area contributed by atoms with Crippen LogP contribution in [0, 0.1) is 6.92 Å². The number of likely N-dealkylation sites (N-methyl/N-ethyl adjacent to an activating group) is 1. The first-order valence-corrected chi connectivity index (χ1v) is 6.98. The summed E-state index contributed by atoms with van der Waals surface area (Å²) in [7, 11) is 2.01. The van der Waals surface area contributed by atoms with Crippen LogP contribution >= 0.6 is 0 Å². The second-order valence-corrected chi connectivity index (χ2v) is 5.09. The van der Waals surface area contributed by atoms with Crippen molar-refractivity contribution in [3.63, 3.8) is 0 Å². The summed E-state index contributed by atoms with van der Waals surface area (Å²) >= 11 is 0. The summed E-state index contributed by atoms with van der Waals surface area (Å²) in [4.78, 5) is 14.3. The zero-order valence-electron chi connectivity index (χ0n) is 12.5. The fourth-order valence-corrected chi connectivity index (χ4v) is 2.13. The van der Waals surface area contributed by atoms with Crippen molar-refractivity contribution in [1.82, 2.24) is 5.32 Å². The Morgan fingerprint density at radius 3 is 2.62 bits per heavy atom. The first-order valence-electron chi connectivity index (χ1n) is 6.98. The monoisotopic (exact) mass is 283 g/mol. The average Bonchev–Trinajstić information content (AvgIpc) is 2.50. The second-order valence-electron chi connectivity index (χ2n) is 5.09. The summed E-state index contributed by atoms with van der Waals surface area (Å²) in [6, 6.07) is 15.5. The number of hydrogen-bond donors (Lipinski definition) is 2. The second kappa shape index (κ2) is 6.79. The van der Waals surface area contributed by atoms with E-state index in [2.05, 4.69) is 10.2 Å². The van der Waals surface area contributed by atoms with Crippen LogP contribution in [0.3, 0.4) is 0 Å². The highest BCUT2D eigenvalue weighted by Gasteiger charge is 2.09. The predicted molar refractivity (Wildman–Crippen MR) is 87.6 cm³/mol. The number of carbonyl (C=O) groups is 1. The highest BCUT2D eigenvalue weighted by Crippen LogP contribution is 2.13. The Hall–Kier alpha value is -2.49. The number of hydrogen-bond acceptors (Lipinski definition) is 3. The van der Waals surface area contributed by atoms with E-state index in [1.807, 2.05) is 50.4 Å². The van der Waals surface area contributed by atoms with E-state index in [0.717, 1.165) is 17.8 Å². The van der Waals surface area contributed by atoms with Gasteiger partial charge in [0.2, 0.25) is 0 Å². The molecule has 4 nitrogen and oxygen atoms in total. The van der Waals surface area contributed by atoms with E-state index in [1.165, 1.54) is 0 Å². The molecule has 3 N–H and O–H groups in total. The molecule has 0 aliphatic rings. The number of benzene rings is 2. The van der Waals surface area contributed by atoms with Gasteiger partial charge >= 0.3 is 0 Å². The summed E-state index contributed by atoms with van der Waals surface area (Å²) in [5, 5.41) is 2.93. The predicted octanol–water partition coefficient (Wildman–Crippen LogP) is 2.44. The number of aryl methyl sites for hydroxylation is 1. The lowest BCUT2D eigenvalue weighted by Crippen LogP contribution is -2.33. The SMILES string of the molecule is Cc1ccc(N)cc1C(=O)NCCN(C)c1ccccc1. The van der Waals surface area contributed by atoms with Gasteiger partial charge in [0.15, 0.2) is 0 Å². The van der Waals surface area contributed by atoms with Crippen LogP contribution < -0.4 is 16.0 Å². The van der Waals surface area contributed by atoms with Gasteiger partial charge in [0.05, 0.1) is 0 Å². The third-order valence-corrected chi connectivity index (χ3v) is 3.44. The van der Waals surface area contributed by atoms with E-state index in [4.69, 9.17) is 5.73 Å². The van der Waals surface area contributed by atoms with Crippen LogP contribution in [0.1, 0.15) is 15.9 Å². The van der Waals surface area contributed by atoms with Crippen molar-refractivity contribution < 1.29 is 4.79 Å². The largest absolute Gasteiger partial charge is 0.399 e. The lowest BCUT2D eigenvalue weighted by Gasteiger charge is -2.19. The Labute approximate surface area is 125 Å². The average molecular weight is 283 g/mol. The molecule has 0 saturated carbocycles. The van der Waals surface area contributed by atoms with E-state index in [0.29, 0.717) is 17.8 Å². The van der Waals surface area contributed by atoms with Crippen LogP contribution in [-0.2, 0) is 0 Å². The number of nitrogens with two attached hydrogens (primary N) is 1. The van der Waals surface area contributed by atoms with Gasteiger partial charge in [-0.05, 0) is 36.8 Å². The number of nitrogen functional groups attached to an aromatic ring is 1. The first kappa shape index (κ1) is 14.9. The van der Waals surface area contributed by atoms with Crippen molar-refractivity contribution in [3.05, 3.63) is 59.7 Å². The van der Waals surface area contributed by atoms with Crippen LogP contribution in [0.4, 0.5) is 11.4 Å².